The van der Waals surface area contributed by atoms with Crippen molar-refractivity contribution in [3.8, 4) is 0 Å². The molecule has 0 aliphatic carbocycles. The second-order valence-corrected chi connectivity index (χ2v) is 17.1. The molecule has 17 heteroatoms. The van der Waals surface area contributed by atoms with Gasteiger partial charge in [0.1, 0.15) is 28.4 Å². The second-order valence-electron chi connectivity index (χ2n) is 15.6. The van der Waals surface area contributed by atoms with Crippen molar-refractivity contribution in [1.29, 1.82) is 0 Å². The largest absolute Gasteiger partial charge is 0.364 e. The van der Waals surface area contributed by atoms with E-state index < -0.39 is 29.7 Å². The highest BCUT2D eigenvalue weighted by molar-refractivity contribution is 7.17. The Morgan fingerprint density at radius 2 is 1.69 bits per heavy atom. The third-order valence-electron chi connectivity index (χ3n) is 11.4. The summed E-state index contributed by atoms with van der Waals surface area (Å²) in [7, 11) is 0. The molecule has 302 valence electrons. The Morgan fingerprint density at radius 1 is 0.948 bits per heavy atom. The van der Waals surface area contributed by atoms with E-state index in [2.05, 4.69) is 54.5 Å². The molecule has 4 aliphatic rings. The maximum absolute atomic E-state index is 13.5. The molecule has 5 amide bonds. The molecular formula is C41H45ClN10O5S. The van der Waals surface area contributed by atoms with Crippen molar-refractivity contribution in [3.05, 3.63) is 81.1 Å². The van der Waals surface area contributed by atoms with Crippen molar-refractivity contribution >= 4 is 80.6 Å². The predicted molar refractivity (Wildman–Crippen MR) is 222 cm³/mol. The van der Waals surface area contributed by atoms with Crippen LogP contribution in [0.2, 0.25) is 5.02 Å². The molecule has 3 unspecified atom stereocenters. The molecule has 3 N–H and O–H groups in total. The Kier molecular flexibility index (Phi) is 10.9. The lowest BCUT2D eigenvalue weighted by molar-refractivity contribution is -0.136. The molecule has 2 aromatic carbocycles. The number of piperazine rings is 1. The minimum Gasteiger partial charge on any atom is -0.364 e. The molecule has 3 saturated heterocycles. The first-order valence-electron chi connectivity index (χ1n) is 19.6. The number of hydrogen-bond acceptors (Lipinski definition) is 13. The lowest BCUT2D eigenvalue weighted by Crippen LogP contribution is -2.58. The Hall–Kier alpha value is -5.45. The highest BCUT2D eigenvalue weighted by Crippen LogP contribution is 2.34. The zero-order valence-electron chi connectivity index (χ0n) is 32.8. The number of para-hydroxylation sites is 1. The molecule has 0 saturated carbocycles. The highest BCUT2D eigenvalue weighted by atomic mass is 35.5. The van der Waals surface area contributed by atoms with Gasteiger partial charge in [0.25, 0.3) is 17.7 Å². The van der Waals surface area contributed by atoms with Gasteiger partial charge in [-0.25, -0.2) is 15.0 Å². The molecular weight excluding hydrogens is 780 g/mol. The van der Waals surface area contributed by atoms with Crippen LogP contribution in [0.25, 0.3) is 0 Å². The summed E-state index contributed by atoms with van der Waals surface area (Å²) < 4.78 is 0. The third-order valence-corrected chi connectivity index (χ3v) is 12.6. The van der Waals surface area contributed by atoms with Crippen LogP contribution in [0.3, 0.4) is 0 Å². The molecule has 3 fully saturated rings. The molecule has 58 heavy (non-hydrogen) atoms. The Morgan fingerprint density at radius 3 is 2.41 bits per heavy atom. The van der Waals surface area contributed by atoms with Crippen LogP contribution in [0.5, 0.6) is 0 Å². The minimum atomic E-state index is -0.988. The van der Waals surface area contributed by atoms with Gasteiger partial charge in [0.15, 0.2) is 5.13 Å². The van der Waals surface area contributed by atoms with Crippen LogP contribution in [-0.2, 0) is 9.59 Å². The van der Waals surface area contributed by atoms with Crippen LogP contribution >= 0.6 is 22.9 Å². The van der Waals surface area contributed by atoms with Gasteiger partial charge >= 0.3 is 0 Å². The molecule has 2 aromatic heterocycles. The number of aromatic nitrogens is 3. The summed E-state index contributed by atoms with van der Waals surface area (Å²) in [5, 5.41) is 9.43. The number of hydrogen-bond donors (Lipinski definition) is 3. The smallest absolute Gasteiger partial charge is 0.267 e. The van der Waals surface area contributed by atoms with Gasteiger partial charge in [-0.3, -0.25) is 39.1 Å². The van der Waals surface area contributed by atoms with E-state index in [1.54, 1.807) is 18.2 Å². The minimum absolute atomic E-state index is 0.0839. The quantitative estimate of drug-likeness (QED) is 0.184. The average molecular weight is 825 g/mol. The molecule has 0 spiro atoms. The van der Waals surface area contributed by atoms with E-state index >= 15 is 0 Å². The lowest BCUT2D eigenvalue weighted by Gasteiger charge is -2.47. The SMILES string of the molecule is Cc1nc(Nc2ncc(C(=O)Nc3c(C)cccc3Cl)s2)cc(N2CCC(CN3CC(C)N(c4ccc5c(c4)C(=O)N(C4CCC(=O)NC4=O)C5=O)C(C)C3)CC2)n1. The number of aryl methyl sites for hydroxylation is 2. The van der Waals surface area contributed by atoms with Gasteiger partial charge in [0.2, 0.25) is 11.8 Å². The van der Waals surface area contributed by atoms with Crippen molar-refractivity contribution in [1.82, 2.24) is 30.1 Å². The number of fused-ring (bicyclic) bond motifs is 1. The van der Waals surface area contributed by atoms with Gasteiger partial charge in [0, 0.05) is 63.0 Å². The number of halogens is 1. The van der Waals surface area contributed by atoms with E-state index in [-0.39, 0.29) is 36.4 Å². The van der Waals surface area contributed by atoms with Gasteiger partial charge in [-0.1, -0.05) is 35.1 Å². The topological polar surface area (TPSA) is 173 Å². The number of anilines is 5. The molecule has 0 bridgehead atoms. The van der Waals surface area contributed by atoms with Crippen LogP contribution in [0.1, 0.15) is 81.3 Å². The monoisotopic (exact) mass is 824 g/mol. The summed E-state index contributed by atoms with van der Waals surface area (Å²) in [5.74, 6) is 0.339. The molecule has 6 heterocycles. The first-order chi connectivity index (χ1) is 27.8. The number of piperidine rings is 2. The average Bonchev–Trinajstić information content (AvgIpc) is 3.74. The predicted octanol–water partition coefficient (Wildman–Crippen LogP) is 5.42. The molecule has 3 atom stereocenters. The summed E-state index contributed by atoms with van der Waals surface area (Å²) in [6.07, 6.45) is 3.79. The second kappa shape index (κ2) is 16.1. The van der Waals surface area contributed by atoms with E-state index in [1.165, 1.54) is 17.5 Å². The van der Waals surface area contributed by atoms with Gasteiger partial charge in [-0.15, -0.1) is 0 Å². The van der Waals surface area contributed by atoms with Crippen LogP contribution in [0.4, 0.5) is 28.1 Å². The molecule has 8 rings (SSSR count). The maximum Gasteiger partial charge on any atom is 0.267 e. The third kappa shape index (κ3) is 7.87. The zero-order valence-corrected chi connectivity index (χ0v) is 34.3. The number of imide groups is 2. The molecule has 15 nitrogen and oxygen atoms in total. The molecule has 0 radical (unpaired) electrons. The summed E-state index contributed by atoms with van der Waals surface area (Å²) in [6.45, 7) is 12.6. The first kappa shape index (κ1) is 39.4. The fourth-order valence-corrected chi connectivity index (χ4v) is 9.70. The normalized spacial score (nSPS) is 21.7. The van der Waals surface area contributed by atoms with Crippen LogP contribution < -0.4 is 25.8 Å². The van der Waals surface area contributed by atoms with Crippen molar-refractivity contribution in [3.63, 3.8) is 0 Å². The van der Waals surface area contributed by atoms with Crippen molar-refractivity contribution < 1.29 is 24.0 Å². The number of nitrogens with one attached hydrogen (secondary N) is 3. The van der Waals surface area contributed by atoms with Crippen LogP contribution in [-0.4, -0.2) is 105 Å². The van der Waals surface area contributed by atoms with E-state index in [1.807, 2.05) is 38.1 Å². The zero-order chi connectivity index (χ0) is 40.8. The van der Waals surface area contributed by atoms with E-state index in [9.17, 15) is 24.0 Å². The number of carbonyl (C=O) groups excluding carboxylic acids is 5. The maximum atomic E-state index is 13.5. The summed E-state index contributed by atoms with van der Waals surface area (Å²) in [5.41, 5.74) is 2.91. The van der Waals surface area contributed by atoms with Gasteiger partial charge < -0.3 is 20.4 Å². The molecule has 4 aromatic rings. The number of thiazole rings is 1. The van der Waals surface area contributed by atoms with Crippen LogP contribution in [0, 0.1) is 19.8 Å². The van der Waals surface area contributed by atoms with E-state index in [4.69, 9.17) is 16.6 Å². The fourth-order valence-electron chi connectivity index (χ4n) is 8.71. The number of carbonyl (C=O) groups is 5. The Bertz CT molecular complexity index is 2280. The number of rotatable bonds is 9. The number of nitrogens with zero attached hydrogens (tertiary/aromatic N) is 7. The Labute approximate surface area is 345 Å². The van der Waals surface area contributed by atoms with Gasteiger partial charge in [0.05, 0.1) is 28.0 Å². The molecule has 4 aliphatic heterocycles. The number of benzene rings is 2. The lowest BCUT2D eigenvalue weighted by atomic mass is 9.94. The van der Waals surface area contributed by atoms with Crippen molar-refractivity contribution in [2.75, 3.05) is 53.2 Å². The fraction of sp³-hybridized carbons (Fsp3) is 0.415. The standard InChI is InChI=1S/C41H45ClN10O5S/c1-22-6-5-7-30(42)36(22)48-38(55)32-18-43-41(58-32)46-33-17-34(45-25(4)44-33)50-14-12-26(13-15-50)21-49-19-23(2)51(24(3)20-49)27-8-9-28-29(16-27)40(57)52(39(28)56)31-10-11-35(53)47-37(31)54/h5-9,16-18,23-24,26,31H,10-15,19-21H2,1-4H3,(H,48,55)(H,47,53,54)(H,43,44,45,46). The highest BCUT2D eigenvalue weighted by Gasteiger charge is 2.45. The summed E-state index contributed by atoms with van der Waals surface area (Å²) >= 11 is 7.54. The Balaban J connectivity index is 0.847. The van der Waals surface area contributed by atoms with Gasteiger partial charge in [-0.05, 0) is 82.7 Å². The van der Waals surface area contributed by atoms with Crippen molar-refractivity contribution in [2.45, 2.75) is 71.5 Å². The van der Waals surface area contributed by atoms with Crippen molar-refractivity contribution in [2.24, 2.45) is 5.92 Å². The van der Waals surface area contributed by atoms with Crippen LogP contribution in [0.15, 0.2) is 48.7 Å². The summed E-state index contributed by atoms with van der Waals surface area (Å²) in [6, 6.07) is 12.1. The summed E-state index contributed by atoms with van der Waals surface area (Å²) in [4.78, 5) is 86.3. The van der Waals surface area contributed by atoms with E-state index in [0.29, 0.717) is 43.8 Å². The van der Waals surface area contributed by atoms with Gasteiger partial charge in [-0.2, -0.15) is 0 Å². The van der Waals surface area contributed by atoms with E-state index in [0.717, 1.165) is 67.5 Å². The number of amides is 5. The first-order valence-corrected chi connectivity index (χ1v) is 20.8.